The molecule has 4 nitrogen and oxygen atoms in total. The second-order valence-electron chi connectivity index (χ2n) is 5.67. The van der Waals surface area contributed by atoms with Crippen molar-refractivity contribution in [2.45, 2.75) is 4.90 Å². The van der Waals surface area contributed by atoms with E-state index in [1.807, 2.05) is 36.4 Å². The standard InChI is InChI=1S/C20H15NO3S/c1-24-25(22,23)15-12-10-14(11-13-15)20-18-8-3-2-6-16(18)17-7-4-5-9-19(17)21-20/h2-13H,1H3. The van der Waals surface area contributed by atoms with Crippen molar-refractivity contribution in [1.29, 1.82) is 0 Å². The van der Waals surface area contributed by atoms with Crippen molar-refractivity contribution < 1.29 is 12.6 Å². The van der Waals surface area contributed by atoms with Crippen LogP contribution in [0.3, 0.4) is 0 Å². The summed E-state index contributed by atoms with van der Waals surface area (Å²) in [4.78, 5) is 4.93. The molecular weight excluding hydrogens is 334 g/mol. The Morgan fingerprint density at radius 3 is 2.04 bits per heavy atom. The van der Waals surface area contributed by atoms with Gasteiger partial charge < -0.3 is 0 Å². The minimum Gasteiger partial charge on any atom is -0.270 e. The van der Waals surface area contributed by atoms with Crippen LogP contribution in [-0.2, 0) is 14.3 Å². The number of benzene rings is 3. The van der Waals surface area contributed by atoms with Crippen molar-refractivity contribution in [2.75, 3.05) is 7.11 Å². The molecule has 4 aromatic rings. The van der Waals surface area contributed by atoms with Gasteiger partial charge in [0.2, 0.25) is 0 Å². The fourth-order valence-electron chi connectivity index (χ4n) is 3.00. The van der Waals surface area contributed by atoms with E-state index in [-0.39, 0.29) is 4.90 Å². The van der Waals surface area contributed by atoms with Crippen LogP contribution in [0.4, 0.5) is 0 Å². The lowest BCUT2D eigenvalue weighted by Gasteiger charge is -2.10. The highest BCUT2D eigenvalue weighted by Gasteiger charge is 2.14. The lowest BCUT2D eigenvalue weighted by molar-refractivity contribution is 0.398. The molecule has 124 valence electrons. The average Bonchev–Trinajstić information content (AvgIpc) is 2.67. The summed E-state index contributed by atoms with van der Waals surface area (Å²) >= 11 is 0. The van der Waals surface area contributed by atoms with Crippen molar-refractivity contribution in [2.24, 2.45) is 0 Å². The molecule has 0 N–H and O–H groups in total. The normalized spacial score (nSPS) is 11.9. The lowest BCUT2D eigenvalue weighted by atomic mass is 10.0. The summed E-state index contributed by atoms with van der Waals surface area (Å²) < 4.78 is 28.1. The van der Waals surface area contributed by atoms with Gasteiger partial charge in [-0.15, -0.1) is 0 Å². The van der Waals surface area contributed by atoms with Crippen LogP contribution in [0.25, 0.3) is 32.9 Å². The van der Waals surface area contributed by atoms with Crippen LogP contribution in [0.5, 0.6) is 0 Å². The summed E-state index contributed by atoms with van der Waals surface area (Å²) in [7, 11) is -2.54. The lowest BCUT2D eigenvalue weighted by Crippen LogP contribution is -2.02. The second kappa shape index (κ2) is 5.95. The van der Waals surface area contributed by atoms with Gasteiger partial charge in [0.1, 0.15) is 0 Å². The van der Waals surface area contributed by atoms with E-state index < -0.39 is 10.1 Å². The first-order valence-electron chi connectivity index (χ1n) is 7.79. The molecule has 0 amide bonds. The first kappa shape index (κ1) is 15.7. The van der Waals surface area contributed by atoms with E-state index >= 15 is 0 Å². The first-order valence-corrected chi connectivity index (χ1v) is 9.19. The molecule has 25 heavy (non-hydrogen) atoms. The van der Waals surface area contributed by atoms with E-state index in [0.29, 0.717) is 0 Å². The van der Waals surface area contributed by atoms with Gasteiger partial charge in [0.15, 0.2) is 0 Å². The topological polar surface area (TPSA) is 56.3 Å². The highest BCUT2D eigenvalue weighted by atomic mass is 32.2. The van der Waals surface area contributed by atoms with Gasteiger partial charge >= 0.3 is 0 Å². The van der Waals surface area contributed by atoms with Gasteiger partial charge in [-0.1, -0.05) is 54.6 Å². The molecule has 0 atom stereocenters. The third kappa shape index (κ3) is 2.67. The molecule has 0 spiro atoms. The van der Waals surface area contributed by atoms with Crippen molar-refractivity contribution in [3.63, 3.8) is 0 Å². The summed E-state index contributed by atoms with van der Waals surface area (Å²) in [6, 6.07) is 22.7. The Morgan fingerprint density at radius 1 is 0.760 bits per heavy atom. The predicted molar refractivity (Wildman–Crippen MR) is 98.9 cm³/mol. The zero-order valence-electron chi connectivity index (χ0n) is 13.5. The third-order valence-corrected chi connectivity index (χ3v) is 5.53. The molecule has 4 rings (SSSR count). The van der Waals surface area contributed by atoms with Gasteiger partial charge in [0, 0.05) is 16.3 Å². The molecule has 0 aliphatic heterocycles. The number of nitrogens with zero attached hydrogens (tertiary/aromatic N) is 1. The Morgan fingerprint density at radius 2 is 1.36 bits per heavy atom. The van der Waals surface area contributed by atoms with Gasteiger partial charge in [-0.3, -0.25) is 4.18 Å². The van der Waals surface area contributed by atoms with Gasteiger partial charge in [-0.25, -0.2) is 4.98 Å². The van der Waals surface area contributed by atoms with Gasteiger partial charge in [-0.2, -0.15) is 8.42 Å². The first-order chi connectivity index (χ1) is 12.1. The maximum atomic E-state index is 11.8. The largest absolute Gasteiger partial charge is 0.296 e. The highest BCUT2D eigenvalue weighted by molar-refractivity contribution is 7.86. The van der Waals surface area contributed by atoms with Gasteiger partial charge in [-0.05, 0) is 23.6 Å². The number of hydrogen-bond acceptors (Lipinski definition) is 4. The Bertz CT molecular complexity index is 1180. The van der Waals surface area contributed by atoms with Crippen LogP contribution in [-0.4, -0.2) is 20.5 Å². The summed E-state index contributed by atoms with van der Waals surface area (Å²) in [5.41, 5.74) is 2.59. The molecule has 0 saturated carbocycles. The quantitative estimate of drug-likeness (QED) is 0.407. The third-order valence-electron chi connectivity index (χ3n) is 4.24. The SMILES string of the molecule is COS(=O)(=O)c1ccc(-c2nc3ccccc3c3ccccc23)cc1. The Balaban J connectivity index is 1.97. The van der Waals surface area contributed by atoms with E-state index in [2.05, 4.69) is 16.3 Å². The molecule has 0 aliphatic carbocycles. The maximum Gasteiger partial charge on any atom is 0.296 e. The van der Waals surface area contributed by atoms with Crippen LogP contribution >= 0.6 is 0 Å². The zero-order valence-corrected chi connectivity index (χ0v) is 14.3. The van der Waals surface area contributed by atoms with Crippen LogP contribution in [0.2, 0.25) is 0 Å². The minimum absolute atomic E-state index is 0.129. The number of pyridine rings is 1. The fraction of sp³-hybridized carbons (Fsp3) is 0.0500. The molecule has 0 bridgehead atoms. The molecule has 3 aromatic carbocycles. The summed E-state index contributed by atoms with van der Waals surface area (Å²) in [6.07, 6.45) is 0. The fourth-order valence-corrected chi connectivity index (χ4v) is 3.66. The number of para-hydroxylation sites is 1. The van der Waals surface area contributed by atoms with E-state index in [4.69, 9.17) is 4.98 Å². The van der Waals surface area contributed by atoms with E-state index in [9.17, 15) is 8.42 Å². The van der Waals surface area contributed by atoms with E-state index in [1.165, 1.54) is 0 Å². The van der Waals surface area contributed by atoms with Gasteiger partial charge in [0.25, 0.3) is 10.1 Å². The van der Waals surface area contributed by atoms with Crippen LogP contribution in [0.1, 0.15) is 0 Å². The zero-order chi connectivity index (χ0) is 17.4. The van der Waals surface area contributed by atoms with Crippen LogP contribution in [0.15, 0.2) is 77.7 Å². The molecule has 1 heterocycles. The van der Waals surface area contributed by atoms with Crippen molar-refractivity contribution in [1.82, 2.24) is 4.98 Å². The number of hydrogen-bond donors (Lipinski definition) is 0. The Kier molecular flexibility index (Phi) is 3.75. The molecule has 0 aliphatic rings. The second-order valence-corrected chi connectivity index (χ2v) is 7.38. The molecule has 0 unspecified atom stereocenters. The minimum atomic E-state index is -3.69. The molecule has 0 saturated heterocycles. The Hall–Kier alpha value is -2.76. The summed E-state index contributed by atoms with van der Waals surface area (Å²) in [6.45, 7) is 0. The van der Waals surface area contributed by atoms with Crippen LogP contribution in [0, 0.1) is 0 Å². The van der Waals surface area contributed by atoms with E-state index in [1.54, 1.807) is 24.3 Å². The molecule has 0 fully saturated rings. The summed E-state index contributed by atoms with van der Waals surface area (Å²) in [5, 5.41) is 3.25. The van der Waals surface area contributed by atoms with Crippen molar-refractivity contribution in [3.8, 4) is 11.3 Å². The molecule has 5 heteroatoms. The summed E-state index contributed by atoms with van der Waals surface area (Å²) in [5.74, 6) is 0. The molecule has 0 radical (unpaired) electrons. The van der Waals surface area contributed by atoms with Gasteiger partial charge in [0.05, 0.1) is 23.2 Å². The maximum absolute atomic E-state index is 11.8. The smallest absolute Gasteiger partial charge is 0.270 e. The molecular formula is C20H15NO3S. The van der Waals surface area contributed by atoms with Crippen LogP contribution < -0.4 is 0 Å². The number of rotatable bonds is 3. The Labute approximate surface area is 145 Å². The highest BCUT2D eigenvalue weighted by Crippen LogP contribution is 2.32. The van der Waals surface area contributed by atoms with E-state index in [0.717, 1.165) is 40.0 Å². The van der Waals surface area contributed by atoms with Crippen molar-refractivity contribution in [3.05, 3.63) is 72.8 Å². The molecule has 1 aromatic heterocycles. The number of aromatic nitrogens is 1. The predicted octanol–water partition coefficient (Wildman–Crippen LogP) is 4.39. The monoisotopic (exact) mass is 349 g/mol. The average molecular weight is 349 g/mol. The number of fused-ring (bicyclic) bond motifs is 3. The van der Waals surface area contributed by atoms with Crippen molar-refractivity contribution >= 4 is 31.8 Å².